The normalized spacial score (nSPS) is 21.8. The number of amides is 1. The molecule has 0 radical (unpaired) electrons. The molecule has 0 fully saturated rings. The summed E-state index contributed by atoms with van der Waals surface area (Å²) >= 11 is 0. The van der Waals surface area contributed by atoms with E-state index in [1.165, 1.54) is 6.07 Å². The van der Waals surface area contributed by atoms with Gasteiger partial charge in [0.25, 0.3) is 5.91 Å². The summed E-state index contributed by atoms with van der Waals surface area (Å²) in [5, 5.41) is 11.4. The molecule has 1 aliphatic carbocycles. The van der Waals surface area contributed by atoms with Crippen molar-refractivity contribution < 1.29 is 19.1 Å². The van der Waals surface area contributed by atoms with Crippen LogP contribution in [0, 0.1) is 11.7 Å². The lowest BCUT2D eigenvalue weighted by Crippen LogP contribution is -2.33. The molecular formula is C12H11FN2O3. The van der Waals surface area contributed by atoms with E-state index in [2.05, 4.69) is 10.3 Å². The van der Waals surface area contributed by atoms with Crippen molar-refractivity contribution >= 4 is 11.9 Å². The number of hydrogen-bond donors (Lipinski definition) is 2. The van der Waals surface area contributed by atoms with Crippen molar-refractivity contribution in [2.75, 3.05) is 0 Å². The molecule has 2 N–H and O–H groups in total. The van der Waals surface area contributed by atoms with Gasteiger partial charge in [-0.3, -0.25) is 9.59 Å². The lowest BCUT2D eigenvalue weighted by Gasteiger charge is -2.11. The number of aromatic nitrogens is 1. The predicted molar refractivity (Wildman–Crippen MR) is 60.3 cm³/mol. The molecule has 2 rings (SSSR count). The number of nitrogens with one attached hydrogen (secondary N) is 1. The van der Waals surface area contributed by atoms with Crippen LogP contribution in [0.15, 0.2) is 30.5 Å². The van der Waals surface area contributed by atoms with Gasteiger partial charge in [-0.05, 0) is 18.6 Å². The van der Waals surface area contributed by atoms with Gasteiger partial charge in [-0.25, -0.2) is 9.37 Å². The first kappa shape index (κ1) is 12.2. The number of pyridine rings is 1. The minimum Gasteiger partial charge on any atom is -0.481 e. The van der Waals surface area contributed by atoms with Crippen LogP contribution in [0.3, 0.4) is 0 Å². The molecule has 0 bridgehead atoms. The molecule has 1 aromatic heterocycles. The fourth-order valence-electron chi connectivity index (χ4n) is 1.74. The summed E-state index contributed by atoms with van der Waals surface area (Å²) in [5.41, 5.74) is 0.101. The Morgan fingerprint density at radius 2 is 2.17 bits per heavy atom. The Labute approximate surface area is 102 Å². The first-order valence-corrected chi connectivity index (χ1v) is 5.40. The lowest BCUT2D eigenvalue weighted by molar-refractivity contribution is -0.140. The third-order valence-electron chi connectivity index (χ3n) is 2.68. The lowest BCUT2D eigenvalue weighted by atomic mass is 10.1. The number of carbonyl (C=O) groups excluding carboxylic acids is 1. The maximum atomic E-state index is 12.6. The van der Waals surface area contributed by atoms with E-state index in [9.17, 15) is 14.0 Å². The Kier molecular flexibility index (Phi) is 3.36. The van der Waals surface area contributed by atoms with Gasteiger partial charge in [0.05, 0.1) is 12.1 Å². The molecule has 2 atom stereocenters. The molecule has 1 amide bonds. The average Bonchev–Trinajstić information content (AvgIpc) is 2.78. The number of nitrogens with zero attached hydrogens (tertiary/aromatic N) is 1. The zero-order chi connectivity index (χ0) is 13.1. The molecule has 6 heteroatoms. The summed E-state index contributed by atoms with van der Waals surface area (Å²) in [4.78, 5) is 26.1. The van der Waals surface area contributed by atoms with Crippen molar-refractivity contribution in [3.05, 3.63) is 42.0 Å². The molecule has 0 saturated heterocycles. The highest BCUT2D eigenvalue weighted by atomic mass is 19.1. The van der Waals surface area contributed by atoms with E-state index in [1.807, 2.05) is 0 Å². The third-order valence-corrected chi connectivity index (χ3v) is 2.68. The molecule has 1 aliphatic rings. The van der Waals surface area contributed by atoms with Crippen LogP contribution in [-0.4, -0.2) is 28.0 Å². The van der Waals surface area contributed by atoms with E-state index in [0.717, 1.165) is 12.3 Å². The topological polar surface area (TPSA) is 79.3 Å². The molecule has 94 valence electrons. The first-order chi connectivity index (χ1) is 8.56. The van der Waals surface area contributed by atoms with Crippen LogP contribution in [-0.2, 0) is 4.79 Å². The summed E-state index contributed by atoms with van der Waals surface area (Å²) in [6, 6.07) is 2.09. The molecule has 1 heterocycles. The van der Waals surface area contributed by atoms with Gasteiger partial charge >= 0.3 is 5.97 Å². The molecule has 1 aromatic rings. The van der Waals surface area contributed by atoms with Gasteiger partial charge in [0.1, 0.15) is 11.5 Å². The largest absolute Gasteiger partial charge is 0.481 e. The molecule has 0 spiro atoms. The molecule has 2 unspecified atom stereocenters. The summed E-state index contributed by atoms with van der Waals surface area (Å²) in [6.45, 7) is 0. The maximum Gasteiger partial charge on any atom is 0.310 e. The van der Waals surface area contributed by atoms with Gasteiger partial charge in [-0.1, -0.05) is 12.2 Å². The van der Waals surface area contributed by atoms with Crippen molar-refractivity contribution in [1.82, 2.24) is 10.3 Å². The quantitative estimate of drug-likeness (QED) is 0.784. The predicted octanol–water partition coefficient (Wildman–Crippen LogP) is 0.980. The standard InChI is InChI=1S/C12H11FN2O3/c13-8-2-4-10(14-6-8)11(16)15-9-3-1-7(5-9)12(17)18/h1-4,6-7,9H,5H2,(H,15,16)(H,17,18). The summed E-state index contributed by atoms with van der Waals surface area (Å²) in [6.07, 6.45) is 4.47. The smallest absolute Gasteiger partial charge is 0.310 e. The second-order valence-corrected chi connectivity index (χ2v) is 4.01. The zero-order valence-electron chi connectivity index (χ0n) is 9.34. The van der Waals surface area contributed by atoms with E-state index in [0.29, 0.717) is 6.42 Å². The molecule has 0 saturated carbocycles. The molecule has 5 nitrogen and oxygen atoms in total. The maximum absolute atomic E-state index is 12.6. The second-order valence-electron chi connectivity index (χ2n) is 4.01. The van der Waals surface area contributed by atoms with Crippen molar-refractivity contribution in [2.45, 2.75) is 12.5 Å². The van der Waals surface area contributed by atoms with Crippen LogP contribution in [0.1, 0.15) is 16.9 Å². The highest BCUT2D eigenvalue weighted by molar-refractivity contribution is 5.92. The molecule has 18 heavy (non-hydrogen) atoms. The van der Waals surface area contributed by atoms with E-state index < -0.39 is 23.6 Å². The molecule has 0 aliphatic heterocycles. The zero-order valence-corrected chi connectivity index (χ0v) is 9.34. The Morgan fingerprint density at radius 3 is 2.72 bits per heavy atom. The van der Waals surface area contributed by atoms with Crippen LogP contribution < -0.4 is 5.32 Å². The van der Waals surface area contributed by atoms with Gasteiger partial charge in [0, 0.05) is 6.04 Å². The van der Waals surface area contributed by atoms with E-state index in [1.54, 1.807) is 12.2 Å². The van der Waals surface area contributed by atoms with Crippen molar-refractivity contribution in [2.24, 2.45) is 5.92 Å². The second kappa shape index (κ2) is 4.95. The average molecular weight is 250 g/mol. The Hall–Kier alpha value is -2.24. The van der Waals surface area contributed by atoms with Crippen LogP contribution in [0.2, 0.25) is 0 Å². The highest BCUT2D eigenvalue weighted by Gasteiger charge is 2.25. The number of carboxylic acids is 1. The van der Waals surface area contributed by atoms with E-state index >= 15 is 0 Å². The van der Waals surface area contributed by atoms with Crippen LogP contribution in [0.25, 0.3) is 0 Å². The van der Waals surface area contributed by atoms with Gasteiger partial charge in [-0.15, -0.1) is 0 Å². The van der Waals surface area contributed by atoms with E-state index in [-0.39, 0.29) is 11.7 Å². The number of aliphatic carboxylic acids is 1. The van der Waals surface area contributed by atoms with Crippen molar-refractivity contribution in [3.63, 3.8) is 0 Å². The molecular weight excluding hydrogens is 239 g/mol. The minimum atomic E-state index is -0.914. The SMILES string of the molecule is O=C(NC1C=CC(C(=O)O)C1)c1ccc(F)cn1. The van der Waals surface area contributed by atoms with Crippen LogP contribution in [0.4, 0.5) is 4.39 Å². The van der Waals surface area contributed by atoms with Gasteiger partial charge in [0.2, 0.25) is 0 Å². The van der Waals surface area contributed by atoms with E-state index in [4.69, 9.17) is 5.11 Å². The summed E-state index contributed by atoms with van der Waals surface area (Å²) in [5.74, 6) is -2.45. The third kappa shape index (κ3) is 2.71. The minimum absolute atomic E-state index is 0.101. The Morgan fingerprint density at radius 1 is 1.39 bits per heavy atom. The van der Waals surface area contributed by atoms with Crippen molar-refractivity contribution in [3.8, 4) is 0 Å². The molecule has 0 aromatic carbocycles. The first-order valence-electron chi connectivity index (χ1n) is 5.40. The fourth-order valence-corrected chi connectivity index (χ4v) is 1.74. The van der Waals surface area contributed by atoms with Gasteiger partial charge in [-0.2, -0.15) is 0 Å². The van der Waals surface area contributed by atoms with Gasteiger partial charge in [0.15, 0.2) is 0 Å². The number of rotatable bonds is 3. The fraction of sp³-hybridized carbons (Fsp3) is 0.250. The summed E-state index contributed by atoms with van der Waals surface area (Å²) in [7, 11) is 0. The van der Waals surface area contributed by atoms with Crippen LogP contribution >= 0.6 is 0 Å². The monoisotopic (exact) mass is 250 g/mol. The number of hydrogen-bond acceptors (Lipinski definition) is 3. The Bertz CT molecular complexity index is 499. The number of halogens is 1. The Balaban J connectivity index is 1.95. The number of carbonyl (C=O) groups is 2. The van der Waals surface area contributed by atoms with Crippen LogP contribution in [0.5, 0.6) is 0 Å². The van der Waals surface area contributed by atoms with Gasteiger partial charge < -0.3 is 10.4 Å². The van der Waals surface area contributed by atoms with Crippen molar-refractivity contribution in [1.29, 1.82) is 0 Å². The summed E-state index contributed by atoms with van der Waals surface area (Å²) < 4.78 is 12.6. The number of carboxylic acid groups (broad SMARTS) is 1. The highest BCUT2D eigenvalue weighted by Crippen LogP contribution is 2.18.